The summed E-state index contributed by atoms with van der Waals surface area (Å²) in [5.74, 6) is -2.56. The van der Waals surface area contributed by atoms with Crippen molar-refractivity contribution in [1.29, 1.82) is 10.5 Å². The van der Waals surface area contributed by atoms with Crippen LogP contribution in [0.4, 0.5) is 5.13 Å². The first-order valence-electron chi connectivity index (χ1n) is 11.1. The number of nitrogens with one attached hydrogen (secondary N) is 1. The van der Waals surface area contributed by atoms with Gasteiger partial charge in [0, 0.05) is 28.9 Å². The van der Waals surface area contributed by atoms with Crippen molar-refractivity contribution >= 4 is 57.6 Å². The van der Waals surface area contributed by atoms with Crippen LogP contribution in [0.3, 0.4) is 0 Å². The Morgan fingerprint density at radius 2 is 2.21 bits per heavy atom. The molecule has 0 aliphatic carbocycles. The molecule has 0 radical (unpaired) electrons. The Morgan fingerprint density at radius 1 is 1.38 bits per heavy atom. The number of carboxylic acid groups (broad SMARTS) is 1. The Hall–Kier alpha value is -5.00. The van der Waals surface area contributed by atoms with E-state index in [1.165, 1.54) is 11.8 Å². The highest BCUT2D eigenvalue weighted by atomic mass is 32.2. The summed E-state index contributed by atoms with van der Waals surface area (Å²) in [6.45, 7) is -0.232. The van der Waals surface area contributed by atoms with Crippen molar-refractivity contribution in [3.8, 4) is 12.1 Å². The lowest BCUT2D eigenvalue weighted by Gasteiger charge is -2.49. The van der Waals surface area contributed by atoms with E-state index in [2.05, 4.69) is 25.9 Å². The normalized spacial score (nSPS) is 18.7. The first kappa shape index (κ1) is 25.6. The Labute approximate surface area is 227 Å². The fraction of sp³-hybridized carbons (Fsp3) is 0.227. The molecule has 39 heavy (non-hydrogen) atoms. The second-order valence-corrected chi connectivity index (χ2v) is 10.1. The van der Waals surface area contributed by atoms with Crippen LogP contribution < -0.4 is 15.6 Å². The number of rotatable bonds is 8. The molecule has 0 spiro atoms. The fourth-order valence-corrected chi connectivity index (χ4v) is 5.93. The molecule has 0 aromatic carbocycles. The second kappa shape index (κ2) is 10.4. The Balaban J connectivity index is 1.36. The van der Waals surface area contributed by atoms with Gasteiger partial charge >= 0.3 is 5.97 Å². The molecule has 15 nitrogen and oxygen atoms in total. The van der Waals surface area contributed by atoms with E-state index in [1.54, 1.807) is 41.2 Å². The highest BCUT2D eigenvalue weighted by Crippen LogP contribution is 2.40. The zero-order valence-electron chi connectivity index (χ0n) is 19.7. The lowest BCUT2D eigenvalue weighted by Crippen LogP contribution is -2.71. The number of β-lactam (4-membered cyclic amide) rings is 1. The second-order valence-electron chi connectivity index (χ2n) is 8.17. The number of oxime groups is 1. The molecule has 1 fully saturated rings. The van der Waals surface area contributed by atoms with E-state index in [0.29, 0.717) is 16.9 Å². The van der Waals surface area contributed by atoms with Crippen LogP contribution in [-0.2, 0) is 25.8 Å². The van der Waals surface area contributed by atoms with Gasteiger partial charge in [-0.1, -0.05) is 5.16 Å². The number of nitrogens with zero attached hydrogens (tertiary/aromatic N) is 8. The van der Waals surface area contributed by atoms with E-state index in [-0.39, 0.29) is 28.9 Å². The van der Waals surface area contributed by atoms with E-state index < -0.39 is 35.8 Å². The highest BCUT2D eigenvalue weighted by molar-refractivity contribution is 8.00. The number of pyridine rings is 1. The van der Waals surface area contributed by atoms with E-state index in [9.17, 15) is 19.5 Å². The number of hydrogen-bond acceptors (Lipinski definition) is 12. The minimum absolute atomic E-state index is 0.0719. The third-order valence-electron chi connectivity index (χ3n) is 5.84. The molecule has 5 heterocycles. The van der Waals surface area contributed by atoms with Crippen molar-refractivity contribution in [3.05, 3.63) is 53.4 Å². The number of nitrogen functional groups attached to an aromatic ring is 1. The van der Waals surface area contributed by atoms with Gasteiger partial charge in [0.1, 0.15) is 54.4 Å². The van der Waals surface area contributed by atoms with E-state index in [4.69, 9.17) is 21.1 Å². The number of hydrogen-bond donors (Lipinski definition) is 3. The number of nitrogens with two attached hydrogens (primary N) is 1. The minimum atomic E-state index is -1.27. The van der Waals surface area contributed by atoms with Gasteiger partial charge in [-0.2, -0.15) is 19.9 Å². The maximum Gasteiger partial charge on any atom is 0.352 e. The highest BCUT2D eigenvalue weighted by Gasteiger charge is 2.54. The molecule has 4 N–H and O–H groups in total. The molecule has 0 bridgehead atoms. The predicted molar refractivity (Wildman–Crippen MR) is 134 cm³/mol. The smallest absolute Gasteiger partial charge is 0.352 e. The third-order valence-corrected chi connectivity index (χ3v) is 7.72. The zero-order chi connectivity index (χ0) is 27.7. The van der Waals surface area contributed by atoms with Crippen molar-refractivity contribution in [2.75, 3.05) is 18.1 Å². The topological polar surface area (TPSA) is 216 Å². The van der Waals surface area contributed by atoms with Crippen molar-refractivity contribution in [3.63, 3.8) is 0 Å². The first-order valence-corrected chi connectivity index (χ1v) is 12.9. The Kier molecular flexibility index (Phi) is 6.84. The summed E-state index contributed by atoms with van der Waals surface area (Å²) in [6, 6.07) is 6.16. The number of carboxylic acids is 1. The van der Waals surface area contributed by atoms with Crippen LogP contribution >= 0.6 is 23.3 Å². The van der Waals surface area contributed by atoms with Crippen LogP contribution in [0.15, 0.2) is 47.1 Å². The summed E-state index contributed by atoms with van der Waals surface area (Å²) >= 11 is 2.13. The minimum Gasteiger partial charge on any atom is -0.477 e. The number of nitriles is 2. The molecule has 2 aliphatic heterocycles. The van der Waals surface area contributed by atoms with Gasteiger partial charge in [-0.05, 0) is 6.07 Å². The molecule has 5 rings (SSSR count). The lowest BCUT2D eigenvalue weighted by molar-refractivity contribution is -0.662. The summed E-state index contributed by atoms with van der Waals surface area (Å²) in [4.78, 5) is 48.2. The molecule has 0 saturated carbocycles. The molecule has 3 aromatic rings. The summed E-state index contributed by atoms with van der Waals surface area (Å²) in [5.41, 5.74) is 6.80. The number of carbonyl (C=O) groups excluding carboxylic acids is 2. The van der Waals surface area contributed by atoms with Gasteiger partial charge in [0.15, 0.2) is 5.13 Å². The van der Waals surface area contributed by atoms with Crippen molar-refractivity contribution in [2.45, 2.75) is 18.0 Å². The summed E-state index contributed by atoms with van der Waals surface area (Å²) in [6.07, 6.45) is 5.17. The molecular weight excluding hydrogens is 548 g/mol. The number of carbonyl (C=O) groups is 3. The third kappa shape index (κ3) is 4.72. The van der Waals surface area contributed by atoms with Gasteiger partial charge in [0.25, 0.3) is 17.5 Å². The van der Waals surface area contributed by atoms with E-state index in [1.807, 2.05) is 4.57 Å². The average Bonchev–Trinajstić information content (AvgIpc) is 3.54. The molecular formula is C22H17N10O5S2+. The number of aliphatic carboxylic acids is 1. The molecule has 1 saturated heterocycles. The maximum atomic E-state index is 13.1. The van der Waals surface area contributed by atoms with Crippen molar-refractivity contribution in [1.82, 2.24) is 24.0 Å². The number of amides is 2. The van der Waals surface area contributed by atoms with Gasteiger partial charge in [-0.3, -0.25) is 14.5 Å². The number of anilines is 1. The van der Waals surface area contributed by atoms with Gasteiger partial charge in [-0.15, -0.1) is 11.8 Å². The molecule has 17 heteroatoms. The van der Waals surface area contributed by atoms with Gasteiger partial charge in [-0.25, -0.2) is 13.8 Å². The average molecular weight is 566 g/mol. The van der Waals surface area contributed by atoms with E-state index in [0.717, 1.165) is 22.1 Å². The van der Waals surface area contributed by atoms with Crippen molar-refractivity contribution in [2.24, 2.45) is 5.16 Å². The standard InChI is InChI=1S/C22H16N10O5S2/c23-3-6-37-28-14(17-27-22(25)39-29-17)18(33)26-15-19(34)32-16(21(35)36)12(10-38-20(15)32)9-31-5-4-30-8-11(7-24)1-2-13(30)31/h1-2,4-5,8,15,20H,6,9-10H2,(H3-,25,26,27,29,33,35,36)/p+1/b28-14+. The van der Waals surface area contributed by atoms with E-state index >= 15 is 0 Å². The van der Waals surface area contributed by atoms with Crippen LogP contribution in [-0.4, -0.2) is 71.0 Å². The van der Waals surface area contributed by atoms with Crippen molar-refractivity contribution < 1.29 is 28.9 Å². The van der Waals surface area contributed by atoms with Crippen LogP contribution in [0, 0.1) is 22.7 Å². The predicted octanol–water partition coefficient (Wildman–Crippen LogP) is -0.785. The number of fused-ring (bicyclic) bond motifs is 2. The lowest BCUT2D eigenvalue weighted by atomic mass is 10.0. The number of imidazole rings is 1. The SMILES string of the molecule is N#CCO/N=C(/C(=O)NC1C(=O)N2C(C(=O)O)=C(C[n+]3ccn4cc(C#N)ccc43)CSC12)c1nsc(N)n1. The number of aromatic nitrogens is 4. The first-order chi connectivity index (χ1) is 18.8. The van der Waals surface area contributed by atoms with Crippen LogP contribution in [0.25, 0.3) is 5.65 Å². The molecule has 3 aromatic heterocycles. The maximum absolute atomic E-state index is 13.1. The van der Waals surface area contributed by atoms with Gasteiger partial charge in [0.05, 0.1) is 5.56 Å². The molecule has 2 amide bonds. The van der Waals surface area contributed by atoms with Crippen LogP contribution in [0.5, 0.6) is 0 Å². The number of thioether (sulfide) groups is 1. The monoisotopic (exact) mass is 565 g/mol. The molecule has 2 aliphatic rings. The van der Waals surface area contributed by atoms with Crippen LogP contribution in [0.1, 0.15) is 11.4 Å². The summed E-state index contributed by atoms with van der Waals surface area (Å²) < 4.78 is 7.50. The largest absolute Gasteiger partial charge is 0.477 e. The quantitative estimate of drug-likeness (QED) is 0.101. The molecule has 2 atom stereocenters. The summed E-state index contributed by atoms with van der Waals surface area (Å²) in [5, 5.41) is 33.4. The Morgan fingerprint density at radius 3 is 2.90 bits per heavy atom. The van der Waals surface area contributed by atoms with Crippen LogP contribution in [0.2, 0.25) is 0 Å². The fourth-order valence-electron chi connectivity index (χ4n) is 4.16. The Bertz CT molecular complexity index is 1660. The summed E-state index contributed by atoms with van der Waals surface area (Å²) in [7, 11) is 0. The van der Waals surface area contributed by atoms with Gasteiger partial charge in [0.2, 0.25) is 18.1 Å². The molecule has 2 unspecified atom stereocenters. The van der Waals surface area contributed by atoms with Gasteiger partial charge < -0.3 is 21.0 Å². The zero-order valence-corrected chi connectivity index (χ0v) is 21.3. The molecule has 196 valence electrons.